The largest absolute Gasteiger partial charge is 0.392 e. The average molecular weight is 313 g/mol. The number of halogens is 2. The molecular weight excluding hydrogens is 300 g/mol. The van der Waals surface area contributed by atoms with Crippen LogP contribution in [0.25, 0.3) is 0 Å². The maximum absolute atomic E-state index is 13.7. The molecule has 0 aromatic heterocycles. The molecule has 0 unspecified atom stereocenters. The first kappa shape index (κ1) is 15.4. The van der Waals surface area contributed by atoms with Gasteiger partial charge in [-0.2, -0.15) is 0 Å². The first-order valence-corrected chi connectivity index (χ1v) is 7.50. The minimum Gasteiger partial charge on any atom is -0.392 e. The van der Waals surface area contributed by atoms with Crippen molar-refractivity contribution in [3.05, 3.63) is 59.2 Å². The van der Waals surface area contributed by atoms with Crippen LogP contribution in [0.15, 0.2) is 41.3 Å². The third-order valence-corrected chi connectivity index (χ3v) is 4.38. The SMILES string of the molecule is Cc1cccc(F)c1NS(=O)(=O)c1cc(F)ccc1CO. The fraction of sp³-hybridized carbons (Fsp3) is 0.143. The highest BCUT2D eigenvalue weighted by Crippen LogP contribution is 2.25. The highest BCUT2D eigenvalue weighted by molar-refractivity contribution is 7.92. The van der Waals surface area contributed by atoms with Gasteiger partial charge in [0.05, 0.1) is 17.2 Å². The summed E-state index contributed by atoms with van der Waals surface area (Å²) in [6.07, 6.45) is 0. The number of sulfonamides is 1. The maximum Gasteiger partial charge on any atom is 0.262 e. The Kier molecular flexibility index (Phi) is 4.24. The van der Waals surface area contributed by atoms with Crippen molar-refractivity contribution in [2.75, 3.05) is 4.72 Å². The molecule has 7 heteroatoms. The quantitative estimate of drug-likeness (QED) is 0.911. The van der Waals surface area contributed by atoms with Crippen molar-refractivity contribution in [3.8, 4) is 0 Å². The van der Waals surface area contributed by atoms with Crippen LogP contribution in [-0.2, 0) is 16.6 Å². The van der Waals surface area contributed by atoms with Crippen LogP contribution in [0.1, 0.15) is 11.1 Å². The molecule has 112 valence electrons. The van der Waals surface area contributed by atoms with E-state index in [1.54, 1.807) is 13.0 Å². The smallest absolute Gasteiger partial charge is 0.262 e. The summed E-state index contributed by atoms with van der Waals surface area (Å²) >= 11 is 0. The lowest BCUT2D eigenvalue weighted by molar-refractivity contribution is 0.278. The van der Waals surface area contributed by atoms with Crippen molar-refractivity contribution < 1.29 is 22.3 Å². The molecule has 2 aromatic rings. The van der Waals surface area contributed by atoms with Gasteiger partial charge in [0, 0.05) is 0 Å². The number of nitrogens with one attached hydrogen (secondary N) is 1. The van der Waals surface area contributed by atoms with Crippen LogP contribution in [0.5, 0.6) is 0 Å². The van der Waals surface area contributed by atoms with Gasteiger partial charge in [0.25, 0.3) is 10.0 Å². The molecule has 0 saturated heterocycles. The Labute approximate surface area is 121 Å². The van der Waals surface area contributed by atoms with Gasteiger partial charge in [-0.05, 0) is 36.2 Å². The molecule has 2 aromatic carbocycles. The summed E-state index contributed by atoms with van der Waals surface area (Å²) in [5.74, 6) is -1.50. The molecule has 0 bridgehead atoms. The molecule has 0 fully saturated rings. The Morgan fingerprint density at radius 3 is 2.52 bits per heavy atom. The molecule has 2 rings (SSSR count). The van der Waals surface area contributed by atoms with Crippen molar-refractivity contribution in [2.24, 2.45) is 0 Å². The second kappa shape index (κ2) is 5.79. The lowest BCUT2D eigenvalue weighted by Crippen LogP contribution is -2.17. The van der Waals surface area contributed by atoms with Gasteiger partial charge < -0.3 is 5.11 Å². The molecule has 0 atom stereocenters. The van der Waals surface area contributed by atoms with Gasteiger partial charge >= 0.3 is 0 Å². The topological polar surface area (TPSA) is 66.4 Å². The van der Waals surface area contributed by atoms with E-state index in [0.717, 1.165) is 24.3 Å². The number of aliphatic hydroxyl groups excluding tert-OH is 1. The predicted molar refractivity (Wildman–Crippen MR) is 74.3 cm³/mol. The highest BCUT2D eigenvalue weighted by atomic mass is 32.2. The molecule has 2 N–H and O–H groups in total. The summed E-state index contributed by atoms with van der Waals surface area (Å²) < 4.78 is 53.6. The number of rotatable bonds is 4. The summed E-state index contributed by atoms with van der Waals surface area (Å²) in [5, 5.41) is 9.16. The van der Waals surface area contributed by atoms with Gasteiger partial charge in [-0.1, -0.05) is 18.2 Å². The minimum atomic E-state index is -4.21. The molecule has 0 saturated carbocycles. The van der Waals surface area contributed by atoms with E-state index in [2.05, 4.69) is 4.72 Å². The predicted octanol–water partition coefficient (Wildman–Crippen LogP) is 2.57. The van der Waals surface area contributed by atoms with Crippen LogP contribution in [0.3, 0.4) is 0 Å². The summed E-state index contributed by atoms with van der Waals surface area (Å²) in [4.78, 5) is -0.423. The molecule has 0 amide bonds. The van der Waals surface area contributed by atoms with Gasteiger partial charge in [-0.3, -0.25) is 4.72 Å². The number of hydrogen-bond donors (Lipinski definition) is 2. The summed E-state index contributed by atoms with van der Waals surface area (Å²) in [6.45, 7) is 0.965. The van der Waals surface area contributed by atoms with Gasteiger partial charge in [0.1, 0.15) is 11.6 Å². The van der Waals surface area contributed by atoms with Crippen LogP contribution < -0.4 is 4.72 Å². The standard InChI is InChI=1S/C14H13F2NO3S/c1-9-3-2-4-12(16)14(9)17-21(19,20)13-7-11(15)6-5-10(13)8-18/h2-7,17-18H,8H2,1H3. The summed E-state index contributed by atoms with van der Waals surface area (Å²) in [7, 11) is -4.21. The number of benzene rings is 2. The van der Waals surface area contributed by atoms with Crippen LogP contribution in [-0.4, -0.2) is 13.5 Å². The Hall–Kier alpha value is -1.99. The van der Waals surface area contributed by atoms with Crippen molar-refractivity contribution in [3.63, 3.8) is 0 Å². The van der Waals surface area contributed by atoms with E-state index in [-0.39, 0.29) is 11.3 Å². The number of hydrogen-bond acceptors (Lipinski definition) is 3. The van der Waals surface area contributed by atoms with Crippen LogP contribution in [0, 0.1) is 18.6 Å². The lowest BCUT2D eigenvalue weighted by atomic mass is 10.2. The Balaban J connectivity index is 2.51. The molecule has 0 aliphatic heterocycles. The zero-order valence-electron chi connectivity index (χ0n) is 11.1. The zero-order chi connectivity index (χ0) is 15.6. The lowest BCUT2D eigenvalue weighted by Gasteiger charge is -2.13. The number of para-hydroxylation sites is 1. The van der Waals surface area contributed by atoms with Gasteiger partial charge in [0.15, 0.2) is 0 Å². The maximum atomic E-state index is 13.7. The van der Waals surface area contributed by atoms with Crippen LogP contribution in [0.4, 0.5) is 14.5 Å². The molecule has 0 aliphatic carbocycles. The van der Waals surface area contributed by atoms with Gasteiger partial charge in [-0.15, -0.1) is 0 Å². The van der Waals surface area contributed by atoms with Crippen LogP contribution >= 0.6 is 0 Å². The molecule has 21 heavy (non-hydrogen) atoms. The highest BCUT2D eigenvalue weighted by Gasteiger charge is 2.21. The average Bonchev–Trinajstić information content (AvgIpc) is 2.43. The van der Waals surface area contributed by atoms with Crippen LogP contribution in [0.2, 0.25) is 0 Å². The van der Waals surface area contributed by atoms with E-state index in [4.69, 9.17) is 5.11 Å². The Morgan fingerprint density at radius 1 is 1.19 bits per heavy atom. The fourth-order valence-electron chi connectivity index (χ4n) is 1.86. The number of aliphatic hydroxyl groups is 1. The third-order valence-electron chi connectivity index (χ3n) is 2.95. The summed E-state index contributed by atoms with van der Waals surface area (Å²) in [5.41, 5.74) is 0.212. The third kappa shape index (κ3) is 3.20. The zero-order valence-corrected chi connectivity index (χ0v) is 11.9. The normalized spacial score (nSPS) is 11.4. The van der Waals surface area contributed by atoms with Gasteiger partial charge in [0.2, 0.25) is 0 Å². The first-order valence-electron chi connectivity index (χ1n) is 6.02. The Morgan fingerprint density at radius 2 is 1.90 bits per heavy atom. The molecule has 0 radical (unpaired) electrons. The number of anilines is 1. The monoisotopic (exact) mass is 313 g/mol. The molecule has 4 nitrogen and oxygen atoms in total. The van der Waals surface area contributed by atoms with Crippen molar-refractivity contribution in [2.45, 2.75) is 18.4 Å². The van der Waals surface area contributed by atoms with Crippen molar-refractivity contribution in [1.82, 2.24) is 0 Å². The van der Waals surface area contributed by atoms with Crippen molar-refractivity contribution >= 4 is 15.7 Å². The van der Waals surface area contributed by atoms with E-state index in [1.165, 1.54) is 6.07 Å². The van der Waals surface area contributed by atoms with E-state index < -0.39 is 33.2 Å². The van der Waals surface area contributed by atoms with E-state index in [9.17, 15) is 17.2 Å². The first-order chi connectivity index (χ1) is 9.85. The van der Waals surface area contributed by atoms with E-state index >= 15 is 0 Å². The van der Waals surface area contributed by atoms with E-state index in [0.29, 0.717) is 5.56 Å². The molecule has 0 spiro atoms. The minimum absolute atomic E-state index is 0.0258. The van der Waals surface area contributed by atoms with Crippen molar-refractivity contribution in [1.29, 1.82) is 0 Å². The molecular formula is C14H13F2NO3S. The second-order valence-corrected chi connectivity index (χ2v) is 6.10. The summed E-state index contributed by atoms with van der Waals surface area (Å²) in [6, 6.07) is 7.09. The fourth-order valence-corrected chi connectivity index (χ4v) is 3.24. The number of aryl methyl sites for hydroxylation is 1. The molecule has 0 aliphatic rings. The molecule has 0 heterocycles. The van der Waals surface area contributed by atoms with Gasteiger partial charge in [-0.25, -0.2) is 17.2 Å². The second-order valence-electron chi connectivity index (χ2n) is 4.45. The Bertz CT molecular complexity index is 756. The van der Waals surface area contributed by atoms with E-state index in [1.807, 2.05) is 0 Å².